The van der Waals surface area contributed by atoms with Gasteiger partial charge in [0.15, 0.2) is 0 Å². The van der Waals surface area contributed by atoms with Gasteiger partial charge in [-0.25, -0.2) is 10.7 Å². The van der Waals surface area contributed by atoms with E-state index in [1.165, 1.54) is 0 Å². The molecule has 1 aromatic rings. The zero-order valence-corrected chi connectivity index (χ0v) is 14.0. The van der Waals surface area contributed by atoms with Crippen LogP contribution in [-0.2, 0) is 25.4 Å². The summed E-state index contributed by atoms with van der Waals surface area (Å²) in [6.45, 7) is 4.87. The number of thiol groups is 1. The number of hydrazone groups is 1. The molecule has 2 N–H and O–H groups in total. The van der Waals surface area contributed by atoms with E-state index in [2.05, 4.69) is 60.2 Å². The van der Waals surface area contributed by atoms with Gasteiger partial charge in [-0.2, -0.15) is 5.10 Å². The number of aromatic nitrogens is 1. The van der Waals surface area contributed by atoms with Gasteiger partial charge in [-0.1, -0.05) is 13.0 Å². The molecule has 0 saturated heterocycles. The Labute approximate surface area is 134 Å². The van der Waals surface area contributed by atoms with Gasteiger partial charge < -0.3 is 0 Å². The molecule has 0 saturated carbocycles. The molecule has 111 valence electrons. The summed E-state index contributed by atoms with van der Waals surface area (Å²) in [5, 5.41) is 7.91. The number of nitrogens with zero attached hydrogens (tertiary/aromatic N) is 2. The second-order valence-corrected chi connectivity index (χ2v) is 5.34. The average Bonchev–Trinajstić information content (AvgIpc) is 2.44. The van der Waals surface area contributed by atoms with Crippen LogP contribution in [0.4, 0.5) is 0 Å². The Morgan fingerprint density at radius 3 is 2.68 bits per heavy atom. The van der Waals surface area contributed by atoms with Gasteiger partial charge in [0.25, 0.3) is 0 Å². The molecule has 8 heteroatoms. The van der Waals surface area contributed by atoms with Crippen molar-refractivity contribution in [1.29, 1.82) is 0 Å². The van der Waals surface area contributed by atoms with Crippen molar-refractivity contribution in [2.24, 2.45) is 5.10 Å². The summed E-state index contributed by atoms with van der Waals surface area (Å²) in [6.07, 6.45) is 2.80. The van der Waals surface area contributed by atoms with E-state index < -0.39 is 0 Å². The topological polar surface area (TPSA) is 49.3 Å². The van der Waals surface area contributed by atoms with Crippen molar-refractivity contribution in [3.63, 3.8) is 0 Å². The van der Waals surface area contributed by atoms with E-state index in [-0.39, 0.29) is 0 Å². The van der Waals surface area contributed by atoms with Crippen LogP contribution in [0, 0.1) is 0 Å². The standard InChI is InChI=1S/C11H16N4S.2ClH.Cu/c1-3-7-13-11(16)15-14-9(2)10-6-4-5-8-12-10;;;/h4-6,8H,3,7H2,1-2H3,(H2,13,15,16);2*1H;/q;;;+2/p-1. The van der Waals surface area contributed by atoms with Gasteiger partial charge in [0.05, 0.1) is 11.4 Å². The van der Waals surface area contributed by atoms with Crippen molar-refractivity contribution in [2.45, 2.75) is 20.3 Å². The fourth-order valence-electron chi connectivity index (χ4n) is 1.05. The summed E-state index contributed by atoms with van der Waals surface area (Å²) in [4.78, 5) is 4.19. The molecule has 0 unspecified atom stereocenters. The molecular weight excluding hydrogens is 355 g/mol. The van der Waals surface area contributed by atoms with Crippen LogP contribution in [0.25, 0.3) is 0 Å². The maximum absolute atomic E-state index is 4.67. The Hall–Kier alpha value is -0.231. The maximum atomic E-state index is 4.67. The Bertz CT molecular complexity index is 390. The van der Waals surface area contributed by atoms with Crippen molar-refractivity contribution >= 4 is 43.2 Å². The Balaban J connectivity index is 0.000000982. The Morgan fingerprint density at radius 1 is 1.47 bits per heavy atom. The normalized spacial score (nSPS) is 10.6. The third-order valence-electron chi connectivity index (χ3n) is 1.91. The van der Waals surface area contributed by atoms with E-state index in [4.69, 9.17) is 0 Å². The summed E-state index contributed by atoms with van der Waals surface area (Å²) >= 11 is 4.98. The van der Waals surface area contributed by atoms with Gasteiger partial charge in [0.1, 0.15) is 0 Å². The van der Waals surface area contributed by atoms with Crippen LogP contribution in [0.15, 0.2) is 29.5 Å². The van der Waals surface area contributed by atoms with E-state index >= 15 is 0 Å². The summed E-state index contributed by atoms with van der Waals surface area (Å²) in [7, 11) is 9.34. The molecule has 1 heterocycles. The van der Waals surface area contributed by atoms with Crippen LogP contribution in [-0.4, -0.2) is 22.4 Å². The van der Waals surface area contributed by atoms with E-state index in [9.17, 15) is 0 Å². The van der Waals surface area contributed by atoms with Crippen molar-refractivity contribution in [2.75, 3.05) is 6.54 Å². The molecule has 0 spiro atoms. The van der Waals surface area contributed by atoms with Crippen molar-refractivity contribution in [3.8, 4) is 0 Å². The minimum atomic E-state index is 0.650. The number of hydrogen-bond donors (Lipinski definition) is 2. The molecule has 0 fully saturated rings. The number of nitrogens with one attached hydrogen (secondary N) is 2. The Morgan fingerprint density at radius 2 is 2.16 bits per heavy atom. The number of pyridine rings is 1. The molecule has 1 aromatic heterocycles. The summed E-state index contributed by atoms with van der Waals surface area (Å²) < 4.78 is 0. The first kappa shape index (κ1) is 18.8. The average molecular weight is 372 g/mol. The Kier molecular flexibility index (Phi) is 12.6. The molecule has 0 aliphatic heterocycles. The molecule has 0 amide bonds. The van der Waals surface area contributed by atoms with Crippen LogP contribution in [0.1, 0.15) is 26.0 Å². The summed E-state index contributed by atoms with van der Waals surface area (Å²) in [5.74, 6) is 0. The van der Waals surface area contributed by atoms with Gasteiger partial charge in [-0.15, -0.1) is 0 Å². The number of rotatable bonds is 4. The van der Waals surface area contributed by atoms with Crippen LogP contribution in [0.5, 0.6) is 0 Å². The van der Waals surface area contributed by atoms with E-state index in [1.54, 1.807) is 6.20 Å². The van der Waals surface area contributed by atoms with Crippen LogP contribution in [0.3, 0.4) is 0 Å². The van der Waals surface area contributed by atoms with E-state index in [0.29, 0.717) is 5.11 Å². The van der Waals surface area contributed by atoms with Crippen molar-refractivity contribution in [3.05, 3.63) is 30.1 Å². The van der Waals surface area contributed by atoms with Crippen molar-refractivity contribution < 1.29 is 13.1 Å². The first-order valence-electron chi connectivity index (χ1n) is 5.48. The SMILES string of the molecule is CCCNC(=[SH+])NN=C(C)c1ccccn1.[Cl][Cu][Cl]. The quantitative estimate of drug-likeness (QED) is 0.213. The zero-order valence-electron chi connectivity index (χ0n) is 10.6. The van der Waals surface area contributed by atoms with Gasteiger partial charge in [-0.3, -0.25) is 4.98 Å². The third-order valence-corrected chi connectivity index (χ3v) is 2.17. The molecule has 0 aliphatic rings. The minimum absolute atomic E-state index is 0.650. The summed E-state index contributed by atoms with van der Waals surface area (Å²) in [5.41, 5.74) is 4.51. The molecule has 0 bridgehead atoms. The van der Waals surface area contributed by atoms with E-state index in [1.807, 2.05) is 25.1 Å². The van der Waals surface area contributed by atoms with Crippen molar-refractivity contribution in [1.82, 2.24) is 15.7 Å². The molecular formula is C11H17Cl2CuN4S+. The molecule has 0 aliphatic carbocycles. The fourth-order valence-corrected chi connectivity index (χ4v) is 1.22. The van der Waals surface area contributed by atoms with Gasteiger partial charge in [0.2, 0.25) is 12.2 Å². The first-order chi connectivity index (χ1) is 9.15. The second-order valence-electron chi connectivity index (χ2n) is 3.34. The van der Waals surface area contributed by atoms with Gasteiger partial charge >= 0.3 is 38.4 Å². The van der Waals surface area contributed by atoms with Crippen LogP contribution in [0.2, 0.25) is 0 Å². The molecule has 19 heavy (non-hydrogen) atoms. The van der Waals surface area contributed by atoms with Crippen LogP contribution < -0.4 is 10.7 Å². The number of halogens is 2. The van der Waals surface area contributed by atoms with Gasteiger partial charge in [0, 0.05) is 12.7 Å². The zero-order chi connectivity index (χ0) is 14.5. The molecule has 0 radical (unpaired) electrons. The fraction of sp³-hybridized carbons (Fsp3) is 0.364. The van der Waals surface area contributed by atoms with Crippen LogP contribution >= 0.6 is 20.2 Å². The van der Waals surface area contributed by atoms with E-state index in [0.717, 1.165) is 37.5 Å². The predicted molar refractivity (Wildman–Crippen MR) is 83.4 cm³/mol. The molecule has 0 aromatic carbocycles. The van der Waals surface area contributed by atoms with Gasteiger partial charge in [-0.05, 0) is 25.5 Å². The third kappa shape index (κ3) is 10.2. The number of hydrogen-bond acceptors (Lipinski definition) is 2. The molecule has 4 nitrogen and oxygen atoms in total. The predicted octanol–water partition coefficient (Wildman–Crippen LogP) is 2.14. The first-order valence-corrected chi connectivity index (χ1v) is 8.52. The monoisotopic (exact) mass is 370 g/mol. The summed E-state index contributed by atoms with van der Waals surface area (Å²) in [6, 6.07) is 5.73. The second kappa shape index (κ2) is 12.8. The molecule has 0 atom stereocenters. The molecule has 1 rings (SSSR count).